The van der Waals surface area contributed by atoms with E-state index < -0.39 is 0 Å². The SMILES string of the molecule is [C+]1=CC=CC=CN1. The lowest BCUT2D eigenvalue weighted by molar-refractivity contribution is 1.16. The average Bonchev–Trinajstić information content (AvgIpc) is 1.90. The van der Waals surface area contributed by atoms with Crippen LogP contribution in [-0.2, 0) is 0 Å². The van der Waals surface area contributed by atoms with E-state index in [1.54, 1.807) is 0 Å². The first-order valence-electron chi connectivity index (χ1n) is 2.16. The zero-order chi connectivity index (χ0) is 4.95. The highest BCUT2D eigenvalue weighted by Gasteiger charge is 1.78. The normalized spacial score (nSPS) is 14.9. The summed E-state index contributed by atoms with van der Waals surface area (Å²) < 4.78 is 0. The first kappa shape index (κ1) is 4.10. The Labute approximate surface area is 43.0 Å². The molecule has 7 heavy (non-hydrogen) atoms. The van der Waals surface area contributed by atoms with Gasteiger partial charge in [0.05, 0.1) is 6.20 Å². The van der Waals surface area contributed by atoms with Crippen LogP contribution in [0.1, 0.15) is 0 Å². The highest BCUT2D eigenvalue weighted by Crippen LogP contribution is 1.80. The van der Waals surface area contributed by atoms with Gasteiger partial charge in [-0.25, -0.2) is 5.32 Å². The van der Waals surface area contributed by atoms with Gasteiger partial charge in [0.25, 0.3) is 0 Å². The summed E-state index contributed by atoms with van der Waals surface area (Å²) in [6.07, 6.45) is 12.2. The van der Waals surface area contributed by atoms with E-state index in [1.807, 2.05) is 30.5 Å². The largest absolute Gasteiger partial charge is 0.218 e. The molecule has 1 N–H and O–H groups in total. The van der Waals surface area contributed by atoms with E-state index in [-0.39, 0.29) is 0 Å². The van der Waals surface area contributed by atoms with Crippen molar-refractivity contribution < 1.29 is 0 Å². The van der Waals surface area contributed by atoms with E-state index in [0.717, 1.165) is 0 Å². The van der Waals surface area contributed by atoms with Gasteiger partial charge in [0, 0.05) is 18.2 Å². The Hall–Kier alpha value is -1.07. The first-order valence-corrected chi connectivity index (χ1v) is 2.16. The lowest BCUT2D eigenvalue weighted by atomic mass is 10.5. The fourth-order valence-electron chi connectivity index (χ4n) is 0.368. The van der Waals surface area contributed by atoms with Crippen LogP contribution >= 0.6 is 0 Å². The molecule has 0 spiro atoms. The predicted octanol–water partition coefficient (Wildman–Crippen LogP) is 0.976. The van der Waals surface area contributed by atoms with Crippen LogP contribution in [-0.4, -0.2) is 0 Å². The summed E-state index contributed by atoms with van der Waals surface area (Å²) in [6, 6.07) is 0. The Kier molecular flexibility index (Phi) is 1.27. The Bertz CT molecular complexity index is 106. The summed E-state index contributed by atoms with van der Waals surface area (Å²) in [4.78, 5) is 0. The molecule has 1 aliphatic heterocycles. The molecule has 0 saturated carbocycles. The topological polar surface area (TPSA) is 12.0 Å². The zero-order valence-corrected chi connectivity index (χ0v) is 3.89. The first-order chi connectivity index (χ1) is 3.50. The van der Waals surface area contributed by atoms with Gasteiger partial charge in [0.1, 0.15) is 12.3 Å². The van der Waals surface area contributed by atoms with Gasteiger partial charge in [-0.3, -0.25) is 0 Å². The molecule has 0 amide bonds. The molecule has 0 aromatic rings. The van der Waals surface area contributed by atoms with Crippen molar-refractivity contribution in [2.45, 2.75) is 0 Å². The number of hydrogen-bond acceptors (Lipinski definition) is 1. The number of nitrogens with one attached hydrogen (secondary N) is 1. The third-order valence-electron chi connectivity index (χ3n) is 0.665. The standard InChI is InChI=1S/C6H6N/c1-2-4-6-7-5-3-1/h1-5,7H/q+1. The zero-order valence-electron chi connectivity index (χ0n) is 3.89. The van der Waals surface area contributed by atoms with Crippen LogP contribution in [0.15, 0.2) is 30.5 Å². The lowest BCUT2D eigenvalue weighted by Crippen LogP contribution is -1.88. The van der Waals surface area contributed by atoms with Crippen molar-refractivity contribution in [3.05, 3.63) is 36.7 Å². The number of allylic oxidation sites excluding steroid dienone is 4. The number of hydrogen-bond donors (Lipinski definition) is 1. The second-order valence-electron chi connectivity index (χ2n) is 1.20. The maximum atomic E-state index is 2.80. The maximum Gasteiger partial charge on any atom is 0.127 e. The quantitative estimate of drug-likeness (QED) is 0.439. The van der Waals surface area contributed by atoms with Gasteiger partial charge in [-0.15, -0.1) is 0 Å². The predicted molar refractivity (Wildman–Crippen MR) is 29.2 cm³/mol. The molecule has 0 aromatic carbocycles. The Morgan fingerprint density at radius 3 is 3.14 bits per heavy atom. The van der Waals surface area contributed by atoms with Gasteiger partial charge in [0.15, 0.2) is 0 Å². The molecule has 0 fully saturated rings. The van der Waals surface area contributed by atoms with E-state index in [0.29, 0.717) is 0 Å². The van der Waals surface area contributed by atoms with Gasteiger partial charge in [-0.2, -0.15) is 0 Å². The second-order valence-corrected chi connectivity index (χ2v) is 1.20. The Morgan fingerprint density at radius 1 is 1.14 bits per heavy atom. The molecule has 1 heterocycles. The summed E-state index contributed by atoms with van der Waals surface area (Å²) in [7, 11) is 0. The molecule has 0 bridgehead atoms. The van der Waals surface area contributed by atoms with Gasteiger partial charge in [0.2, 0.25) is 0 Å². The molecule has 0 saturated heterocycles. The van der Waals surface area contributed by atoms with E-state index >= 15 is 0 Å². The molecule has 1 rings (SSSR count). The molecular weight excluding hydrogens is 86.1 g/mol. The maximum absolute atomic E-state index is 2.80. The van der Waals surface area contributed by atoms with E-state index in [1.165, 1.54) is 0 Å². The van der Waals surface area contributed by atoms with Crippen LogP contribution in [0.3, 0.4) is 0 Å². The lowest BCUT2D eigenvalue weighted by Gasteiger charge is -1.66. The molecule has 1 aliphatic rings. The minimum atomic E-state index is 1.82. The summed E-state index contributed by atoms with van der Waals surface area (Å²) in [5.41, 5.74) is 0. The van der Waals surface area contributed by atoms with Crippen molar-refractivity contribution in [3.8, 4) is 0 Å². The molecule has 1 nitrogen and oxygen atoms in total. The number of rotatable bonds is 0. The average molecular weight is 92.1 g/mol. The molecule has 34 valence electrons. The minimum Gasteiger partial charge on any atom is -0.218 e. The van der Waals surface area contributed by atoms with Crippen molar-refractivity contribution in [2.24, 2.45) is 0 Å². The third kappa shape index (κ3) is 1.20. The Morgan fingerprint density at radius 2 is 2.14 bits per heavy atom. The smallest absolute Gasteiger partial charge is 0.127 e. The molecule has 0 aliphatic carbocycles. The van der Waals surface area contributed by atoms with Crippen molar-refractivity contribution in [3.63, 3.8) is 0 Å². The van der Waals surface area contributed by atoms with Crippen LogP contribution in [0.4, 0.5) is 0 Å². The summed E-state index contributed by atoms with van der Waals surface area (Å²) >= 11 is 0. The molecule has 0 aromatic heterocycles. The molecule has 0 radical (unpaired) electrons. The third-order valence-corrected chi connectivity index (χ3v) is 0.665. The fourth-order valence-corrected chi connectivity index (χ4v) is 0.368. The van der Waals surface area contributed by atoms with E-state index in [2.05, 4.69) is 11.5 Å². The van der Waals surface area contributed by atoms with E-state index in [4.69, 9.17) is 0 Å². The van der Waals surface area contributed by atoms with E-state index in [9.17, 15) is 0 Å². The molecule has 0 atom stereocenters. The van der Waals surface area contributed by atoms with Crippen molar-refractivity contribution in [1.29, 1.82) is 0 Å². The monoisotopic (exact) mass is 92.0 g/mol. The summed E-state index contributed by atoms with van der Waals surface area (Å²) in [6.45, 7) is 0. The van der Waals surface area contributed by atoms with Crippen LogP contribution < -0.4 is 5.32 Å². The van der Waals surface area contributed by atoms with Crippen molar-refractivity contribution in [2.75, 3.05) is 0 Å². The van der Waals surface area contributed by atoms with Crippen LogP contribution in [0.25, 0.3) is 0 Å². The van der Waals surface area contributed by atoms with Crippen molar-refractivity contribution in [1.82, 2.24) is 5.32 Å². The second kappa shape index (κ2) is 2.17. The summed E-state index contributed by atoms with van der Waals surface area (Å²) in [5.74, 6) is 0. The van der Waals surface area contributed by atoms with Crippen molar-refractivity contribution >= 4 is 0 Å². The van der Waals surface area contributed by atoms with Gasteiger partial charge < -0.3 is 0 Å². The highest BCUT2D eigenvalue weighted by atomic mass is 14.8. The summed E-state index contributed by atoms with van der Waals surface area (Å²) in [5, 5.41) is 2.80. The Balaban J connectivity index is 2.60. The minimum absolute atomic E-state index is 1.82. The van der Waals surface area contributed by atoms with Crippen LogP contribution in [0, 0.1) is 6.20 Å². The molecule has 0 unspecified atom stereocenters. The highest BCUT2D eigenvalue weighted by molar-refractivity contribution is 5.12. The fraction of sp³-hybridized carbons (Fsp3) is 0. The molecular formula is C6H6N+. The van der Waals surface area contributed by atoms with Crippen LogP contribution in [0.5, 0.6) is 0 Å². The molecule has 1 heteroatoms. The van der Waals surface area contributed by atoms with Gasteiger partial charge in [-0.05, 0) is 0 Å². The van der Waals surface area contributed by atoms with Crippen LogP contribution in [0.2, 0.25) is 0 Å². The van der Waals surface area contributed by atoms with Gasteiger partial charge >= 0.3 is 0 Å². The van der Waals surface area contributed by atoms with Gasteiger partial charge in [-0.1, -0.05) is 0 Å².